The number of alkyl halides is 3. The van der Waals surface area contributed by atoms with Crippen LogP contribution in [-0.4, -0.2) is 18.6 Å². The summed E-state index contributed by atoms with van der Waals surface area (Å²) < 4.78 is 36.3. The highest BCUT2D eigenvalue weighted by Gasteiger charge is 2.43. The number of hydrogen-bond donors (Lipinski definition) is 1. The monoisotopic (exact) mass is 181 g/mol. The fraction of sp³-hybridized carbons (Fsp3) is 0.857. The number of halogens is 3. The van der Waals surface area contributed by atoms with E-state index in [2.05, 4.69) is 5.32 Å². The predicted octanol–water partition coefficient (Wildman–Crippen LogP) is 1.32. The molecule has 0 bridgehead atoms. The first-order valence-electron chi connectivity index (χ1n) is 3.75. The molecule has 5 heteroatoms. The molecule has 1 aliphatic rings. The quantitative estimate of drug-likeness (QED) is 0.600. The van der Waals surface area contributed by atoms with Crippen molar-refractivity contribution in [3.63, 3.8) is 0 Å². The third-order valence-electron chi connectivity index (χ3n) is 2.07. The van der Waals surface area contributed by atoms with Crippen molar-refractivity contribution in [2.24, 2.45) is 11.8 Å². The van der Waals surface area contributed by atoms with E-state index in [0.717, 1.165) is 0 Å². The number of rotatable bonds is 0. The second-order valence-corrected chi connectivity index (χ2v) is 3.12. The Hall–Kier alpha value is -0.740. The summed E-state index contributed by atoms with van der Waals surface area (Å²) in [5.41, 5.74) is 0. The summed E-state index contributed by atoms with van der Waals surface area (Å²) in [7, 11) is 0. The van der Waals surface area contributed by atoms with Gasteiger partial charge in [0, 0.05) is 12.5 Å². The maximum absolute atomic E-state index is 12.1. The molecule has 1 aliphatic heterocycles. The van der Waals surface area contributed by atoms with Crippen molar-refractivity contribution in [3.05, 3.63) is 0 Å². The number of piperidine rings is 1. The van der Waals surface area contributed by atoms with Gasteiger partial charge in [-0.25, -0.2) is 0 Å². The number of carbonyl (C=O) groups excluding carboxylic acids is 1. The standard InChI is InChI=1S/C7H10F3NO/c1-4-2-5(7(8,9)10)3-11-6(4)12/h4-5H,2-3H2,1H3,(H,11,12). The smallest absolute Gasteiger partial charge is 0.355 e. The van der Waals surface area contributed by atoms with Crippen LogP contribution in [0.1, 0.15) is 13.3 Å². The molecule has 0 aromatic carbocycles. The summed E-state index contributed by atoms with van der Waals surface area (Å²) in [5.74, 6) is -2.17. The Morgan fingerprint density at radius 3 is 2.50 bits per heavy atom. The zero-order valence-electron chi connectivity index (χ0n) is 6.61. The summed E-state index contributed by atoms with van der Waals surface area (Å²) in [4.78, 5) is 10.8. The molecule has 0 saturated carbocycles. The highest BCUT2D eigenvalue weighted by atomic mass is 19.4. The van der Waals surface area contributed by atoms with Crippen molar-refractivity contribution in [1.82, 2.24) is 5.32 Å². The Kier molecular flexibility index (Phi) is 2.30. The minimum atomic E-state index is -4.18. The fourth-order valence-electron chi connectivity index (χ4n) is 1.26. The molecular weight excluding hydrogens is 171 g/mol. The fourth-order valence-corrected chi connectivity index (χ4v) is 1.26. The van der Waals surface area contributed by atoms with Gasteiger partial charge in [-0.1, -0.05) is 6.92 Å². The molecule has 70 valence electrons. The first kappa shape index (κ1) is 9.35. The number of hydrogen-bond acceptors (Lipinski definition) is 1. The lowest BCUT2D eigenvalue weighted by Gasteiger charge is -2.28. The minimum absolute atomic E-state index is 0.0880. The highest BCUT2D eigenvalue weighted by Crippen LogP contribution is 2.32. The third kappa shape index (κ3) is 1.89. The van der Waals surface area contributed by atoms with Gasteiger partial charge in [-0.05, 0) is 6.42 Å². The molecule has 1 saturated heterocycles. The molecule has 0 aliphatic carbocycles. The maximum atomic E-state index is 12.1. The molecular formula is C7H10F3NO. The predicted molar refractivity (Wildman–Crippen MR) is 36.3 cm³/mol. The van der Waals surface area contributed by atoms with Gasteiger partial charge in [0.05, 0.1) is 5.92 Å². The third-order valence-corrected chi connectivity index (χ3v) is 2.07. The molecule has 1 amide bonds. The van der Waals surface area contributed by atoms with Crippen LogP contribution in [0.25, 0.3) is 0 Å². The first-order chi connectivity index (χ1) is 5.41. The zero-order chi connectivity index (χ0) is 9.35. The number of carbonyl (C=O) groups is 1. The van der Waals surface area contributed by atoms with E-state index in [1.807, 2.05) is 0 Å². The molecule has 12 heavy (non-hydrogen) atoms. The van der Waals surface area contributed by atoms with Crippen molar-refractivity contribution in [1.29, 1.82) is 0 Å². The summed E-state index contributed by atoms with van der Waals surface area (Å²) >= 11 is 0. The molecule has 2 unspecified atom stereocenters. The van der Waals surface area contributed by atoms with Crippen molar-refractivity contribution in [2.75, 3.05) is 6.54 Å². The molecule has 1 rings (SSSR count). The molecule has 2 atom stereocenters. The topological polar surface area (TPSA) is 29.1 Å². The van der Waals surface area contributed by atoms with Crippen LogP contribution < -0.4 is 5.32 Å². The molecule has 0 aromatic rings. The van der Waals surface area contributed by atoms with Crippen molar-refractivity contribution < 1.29 is 18.0 Å². The second-order valence-electron chi connectivity index (χ2n) is 3.12. The average molecular weight is 181 g/mol. The van der Waals surface area contributed by atoms with Crippen LogP contribution in [-0.2, 0) is 4.79 Å². The van der Waals surface area contributed by atoms with Crippen LogP contribution >= 0.6 is 0 Å². The van der Waals surface area contributed by atoms with E-state index >= 15 is 0 Å². The van der Waals surface area contributed by atoms with Crippen LogP contribution in [0.5, 0.6) is 0 Å². The summed E-state index contributed by atoms with van der Waals surface area (Å²) in [6.07, 6.45) is -4.27. The lowest BCUT2D eigenvalue weighted by molar-refractivity contribution is -0.183. The largest absolute Gasteiger partial charge is 0.393 e. The van der Waals surface area contributed by atoms with E-state index in [9.17, 15) is 18.0 Å². The maximum Gasteiger partial charge on any atom is 0.393 e. The molecule has 0 spiro atoms. The minimum Gasteiger partial charge on any atom is -0.355 e. The lowest BCUT2D eigenvalue weighted by Crippen LogP contribution is -2.45. The molecule has 0 radical (unpaired) electrons. The van der Waals surface area contributed by atoms with Gasteiger partial charge in [-0.3, -0.25) is 4.79 Å². The highest BCUT2D eigenvalue weighted by molar-refractivity contribution is 5.79. The lowest BCUT2D eigenvalue weighted by atomic mass is 9.91. The van der Waals surface area contributed by atoms with Gasteiger partial charge >= 0.3 is 6.18 Å². The van der Waals surface area contributed by atoms with Crippen molar-refractivity contribution in [2.45, 2.75) is 19.5 Å². The Labute approximate surface area is 68.1 Å². The zero-order valence-corrected chi connectivity index (χ0v) is 6.61. The van der Waals surface area contributed by atoms with Gasteiger partial charge in [-0.15, -0.1) is 0 Å². The molecule has 0 aromatic heterocycles. The molecule has 1 fully saturated rings. The SMILES string of the molecule is CC1CC(C(F)(F)F)CNC1=O. The second kappa shape index (κ2) is 2.95. The van der Waals surface area contributed by atoms with Gasteiger partial charge in [0.25, 0.3) is 0 Å². The van der Waals surface area contributed by atoms with E-state index in [-0.39, 0.29) is 18.9 Å². The summed E-state index contributed by atoms with van der Waals surface area (Å²) in [5, 5.41) is 2.23. The van der Waals surface area contributed by atoms with Crippen molar-refractivity contribution >= 4 is 5.91 Å². The Morgan fingerprint density at radius 1 is 1.50 bits per heavy atom. The first-order valence-corrected chi connectivity index (χ1v) is 3.75. The summed E-state index contributed by atoms with van der Waals surface area (Å²) in [6, 6.07) is 0. The summed E-state index contributed by atoms with van der Waals surface area (Å²) in [6.45, 7) is 1.24. The van der Waals surface area contributed by atoms with E-state index in [4.69, 9.17) is 0 Å². The Morgan fingerprint density at radius 2 is 2.08 bits per heavy atom. The van der Waals surface area contributed by atoms with Crippen LogP contribution in [0.2, 0.25) is 0 Å². The van der Waals surface area contributed by atoms with E-state index < -0.39 is 18.0 Å². The van der Waals surface area contributed by atoms with Gasteiger partial charge in [0.2, 0.25) is 5.91 Å². The Balaban J connectivity index is 2.57. The van der Waals surface area contributed by atoms with Gasteiger partial charge < -0.3 is 5.32 Å². The van der Waals surface area contributed by atoms with Gasteiger partial charge in [0.15, 0.2) is 0 Å². The van der Waals surface area contributed by atoms with Crippen LogP contribution in [0.15, 0.2) is 0 Å². The van der Waals surface area contributed by atoms with E-state index in [0.29, 0.717) is 0 Å². The van der Waals surface area contributed by atoms with Gasteiger partial charge in [-0.2, -0.15) is 13.2 Å². The van der Waals surface area contributed by atoms with Crippen LogP contribution in [0, 0.1) is 11.8 Å². The van der Waals surface area contributed by atoms with Crippen molar-refractivity contribution in [3.8, 4) is 0 Å². The van der Waals surface area contributed by atoms with E-state index in [1.165, 1.54) is 6.92 Å². The van der Waals surface area contributed by atoms with Gasteiger partial charge in [0.1, 0.15) is 0 Å². The molecule has 2 nitrogen and oxygen atoms in total. The molecule has 1 N–H and O–H groups in total. The number of amides is 1. The van der Waals surface area contributed by atoms with Crippen LogP contribution in [0.3, 0.4) is 0 Å². The van der Waals surface area contributed by atoms with Crippen LogP contribution in [0.4, 0.5) is 13.2 Å². The molecule has 1 heterocycles. The average Bonchev–Trinajstić information content (AvgIpc) is 1.92. The number of nitrogens with one attached hydrogen (secondary N) is 1. The normalized spacial score (nSPS) is 31.5. The van der Waals surface area contributed by atoms with E-state index in [1.54, 1.807) is 0 Å². The Bertz CT molecular complexity index is 190.